The fourth-order valence-electron chi connectivity index (χ4n) is 5.61. The molecule has 1 fully saturated rings. The van der Waals surface area contributed by atoms with Gasteiger partial charge in [-0.15, -0.1) is 0 Å². The molecule has 1 saturated heterocycles. The van der Waals surface area contributed by atoms with Gasteiger partial charge in [0.2, 0.25) is 5.95 Å². The van der Waals surface area contributed by atoms with Crippen LogP contribution in [0.25, 0.3) is 16.6 Å². The highest BCUT2D eigenvalue weighted by atomic mass is 35.5. The lowest BCUT2D eigenvalue weighted by atomic mass is 9.73. The molecule has 0 unspecified atom stereocenters. The van der Waals surface area contributed by atoms with E-state index in [1.165, 1.54) is 23.5 Å². The molecule has 178 valence electrons. The van der Waals surface area contributed by atoms with Crippen molar-refractivity contribution < 1.29 is 5.11 Å². The SMILES string of the molecule is C=C(c1c(O)cncc1Cl)c1[nH]nc2nc(N3CCC4(CC3)Cc3ccccc3[C@H]4N)[nH]c(=O)c12. The fourth-order valence-corrected chi connectivity index (χ4v) is 5.87. The third kappa shape index (κ3) is 3.34. The van der Waals surface area contributed by atoms with E-state index in [0.29, 0.717) is 17.2 Å². The van der Waals surface area contributed by atoms with E-state index in [2.05, 4.69) is 54.8 Å². The van der Waals surface area contributed by atoms with E-state index >= 15 is 0 Å². The number of hydrogen-bond acceptors (Lipinski definition) is 7. The first-order valence-corrected chi connectivity index (χ1v) is 11.8. The summed E-state index contributed by atoms with van der Waals surface area (Å²) in [6.45, 7) is 5.48. The average Bonchev–Trinajstić information content (AvgIpc) is 3.39. The topological polar surface area (TPSA) is 137 Å². The van der Waals surface area contributed by atoms with Crippen molar-refractivity contribution in [3.05, 3.63) is 81.0 Å². The molecule has 0 bridgehead atoms. The van der Waals surface area contributed by atoms with Gasteiger partial charge in [-0.1, -0.05) is 42.4 Å². The summed E-state index contributed by atoms with van der Waals surface area (Å²) < 4.78 is 0. The first-order chi connectivity index (χ1) is 16.9. The molecule has 1 atom stereocenters. The van der Waals surface area contributed by atoms with Crippen LogP contribution in [0.5, 0.6) is 5.75 Å². The van der Waals surface area contributed by atoms with Gasteiger partial charge in [0.05, 0.1) is 16.9 Å². The van der Waals surface area contributed by atoms with Crippen LogP contribution in [-0.4, -0.2) is 43.3 Å². The van der Waals surface area contributed by atoms with Crippen molar-refractivity contribution in [2.75, 3.05) is 18.0 Å². The Labute approximate surface area is 205 Å². The second kappa shape index (κ2) is 7.93. The Bertz CT molecular complexity index is 1510. The van der Waals surface area contributed by atoms with Crippen molar-refractivity contribution in [1.29, 1.82) is 0 Å². The Hall–Kier alpha value is -3.69. The monoisotopic (exact) mass is 489 g/mol. The Morgan fingerprint density at radius 1 is 1.26 bits per heavy atom. The molecule has 1 spiro atoms. The molecular formula is C25H24ClN7O2. The van der Waals surface area contributed by atoms with E-state index in [9.17, 15) is 9.90 Å². The minimum Gasteiger partial charge on any atom is -0.506 e. The average molecular weight is 490 g/mol. The summed E-state index contributed by atoms with van der Waals surface area (Å²) in [5.74, 6) is 0.343. The largest absolute Gasteiger partial charge is 0.506 e. The number of hydrogen-bond donors (Lipinski definition) is 4. The molecule has 3 aromatic heterocycles. The Morgan fingerprint density at radius 2 is 2.03 bits per heavy atom. The molecule has 1 aliphatic carbocycles. The number of fused-ring (bicyclic) bond motifs is 2. The number of nitrogens with two attached hydrogens (primary N) is 1. The van der Waals surface area contributed by atoms with Gasteiger partial charge in [-0.25, -0.2) is 0 Å². The van der Waals surface area contributed by atoms with Gasteiger partial charge in [0.25, 0.3) is 5.56 Å². The van der Waals surface area contributed by atoms with Gasteiger partial charge in [-0.2, -0.15) is 10.1 Å². The second-order valence-electron chi connectivity index (χ2n) is 9.38. The van der Waals surface area contributed by atoms with E-state index in [1.54, 1.807) is 0 Å². The predicted octanol–water partition coefficient (Wildman–Crippen LogP) is 3.30. The van der Waals surface area contributed by atoms with Crippen LogP contribution < -0.4 is 16.2 Å². The molecule has 1 aliphatic heterocycles. The van der Waals surface area contributed by atoms with Crippen LogP contribution in [0.1, 0.15) is 41.3 Å². The van der Waals surface area contributed by atoms with E-state index in [-0.39, 0.29) is 44.4 Å². The maximum atomic E-state index is 13.1. The number of halogens is 1. The van der Waals surface area contributed by atoms with Crippen LogP contribution in [-0.2, 0) is 6.42 Å². The molecule has 0 amide bonds. The third-order valence-electron chi connectivity index (χ3n) is 7.55. The molecule has 1 aromatic carbocycles. The minimum atomic E-state index is -0.343. The Morgan fingerprint density at radius 3 is 2.77 bits per heavy atom. The van der Waals surface area contributed by atoms with E-state index in [0.717, 1.165) is 32.4 Å². The molecule has 10 heteroatoms. The highest BCUT2D eigenvalue weighted by Gasteiger charge is 2.46. The maximum Gasteiger partial charge on any atom is 0.264 e. The number of aromatic hydroxyl groups is 1. The molecule has 2 aliphatic rings. The predicted molar refractivity (Wildman–Crippen MR) is 135 cm³/mol. The van der Waals surface area contributed by atoms with E-state index < -0.39 is 0 Å². The summed E-state index contributed by atoms with van der Waals surface area (Å²) in [5.41, 5.74) is 10.2. The van der Waals surface area contributed by atoms with Gasteiger partial charge < -0.3 is 15.7 Å². The van der Waals surface area contributed by atoms with E-state index in [1.807, 2.05) is 6.07 Å². The Kier molecular flexibility index (Phi) is 4.94. The molecule has 0 saturated carbocycles. The highest BCUT2D eigenvalue weighted by Crippen LogP contribution is 2.50. The zero-order valence-electron chi connectivity index (χ0n) is 18.9. The van der Waals surface area contributed by atoms with Crippen molar-refractivity contribution >= 4 is 34.2 Å². The Balaban J connectivity index is 1.27. The van der Waals surface area contributed by atoms with Crippen molar-refractivity contribution in [3.8, 4) is 5.75 Å². The van der Waals surface area contributed by atoms with Crippen molar-refractivity contribution in [3.63, 3.8) is 0 Å². The molecule has 4 aromatic rings. The number of anilines is 1. The molecule has 5 N–H and O–H groups in total. The van der Waals surface area contributed by atoms with Crippen LogP contribution in [0.15, 0.2) is 48.0 Å². The maximum absolute atomic E-state index is 13.1. The third-order valence-corrected chi connectivity index (χ3v) is 7.83. The first kappa shape index (κ1) is 21.8. The summed E-state index contributed by atoms with van der Waals surface area (Å²) in [7, 11) is 0. The van der Waals surface area contributed by atoms with Crippen molar-refractivity contribution in [2.24, 2.45) is 11.1 Å². The van der Waals surface area contributed by atoms with Crippen LogP contribution in [0, 0.1) is 5.41 Å². The normalized spacial score (nSPS) is 18.8. The first-order valence-electron chi connectivity index (χ1n) is 11.5. The molecular weight excluding hydrogens is 466 g/mol. The van der Waals surface area contributed by atoms with Crippen LogP contribution in [0.3, 0.4) is 0 Å². The molecule has 0 radical (unpaired) electrons. The standard InChI is InChI=1S/C25H24ClN7O2/c1-13(18-16(26)11-28-12-17(18)34)20-19-22(32-31-20)29-24(30-23(19)35)33-8-6-25(7-9-33)10-14-4-2-3-5-15(14)21(25)27/h2-5,11-12,21,34H,1,6-10,27H2,(H2,29,30,31,32,35)/t21-/m1/s1. The molecule has 35 heavy (non-hydrogen) atoms. The zero-order valence-corrected chi connectivity index (χ0v) is 19.6. The summed E-state index contributed by atoms with van der Waals surface area (Å²) in [5, 5.41) is 17.8. The lowest BCUT2D eigenvalue weighted by Crippen LogP contribution is -2.45. The summed E-state index contributed by atoms with van der Waals surface area (Å²) in [6.07, 6.45) is 5.47. The lowest BCUT2D eigenvalue weighted by Gasteiger charge is -2.42. The summed E-state index contributed by atoms with van der Waals surface area (Å²) in [6, 6.07) is 8.45. The van der Waals surface area contributed by atoms with Crippen LogP contribution in [0.4, 0.5) is 5.95 Å². The van der Waals surface area contributed by atoms with Gasteiger partial charge >= 0.3 is 0 Å². The number of H-pyrrole nitrogens is 2. The van der Waals surface area contributed by atoms with E-state index in [4.69, 9.17) is 17.3 Å². The van der Waals surface area contributed by atoms with Gasteiger partial charge in [0.15, 0.2) is 5.65 Å². The van der Waals surface area contributed by atoms with Gasteiger partial charge in [-0.3, -0.25) is 19.9 Å². The molecule has 9 nitrogen and oxygen atoms in total. The minimum absolute atomic E-state index is 0.0201. The highest BCUT2D eigenvalue weighted by molar-refractivity contribution is 6.32. The second-order valence-corrected chi connectivity index (χ2v) is 9.79. The molecule has 6 rings (SSSR count). The summed E-state index contributed by atoms with van der Waals surface area (Å²) in [4.78, 5) is 26.6. The van der Waals surface area contributed by atoms with Gasteiger partial charge in [0.1, 0.15) is 11.1 Å². The van der Waals surface area contributed by atoms with Crippen LogP contribution in [0.2, 0.25) is 5.02 Å². The number of benzene rings is 1. The van der Waals surface area contributed by atoms with Gasteiger partial charge in [-0.05, 0) is 35.8 Å². The lowest BCUT2D eigenvalue weighted by molar-refractivity contribution is 0.187. The zero-order chi connectivity index (χ0) is 24.3. The quantitative estimate of drug-likeness (QED) is 0.346. The number of piperidine rings is 1. The number of rotatable bonds is 3. The number of aromatic nitrogens is 5. The number of nitrogens with one attached hydrogen (secondary N) is 2. The van der Waals surface area contributed by atoms with Crippen LogP contribution >= 0.6 is 11.6 Å². The molecule has 4 heterocycles. The number of pyridine rings is 1. The van der Waals surface area contributed by atoms with Crippen molar-refractivity contribution in [1.82, 2.24) is 25.1 Å². The summed E-state index contributed by atoms with van der Waals surface area (Å²) >= 11 is 6.22. The van der Waals surface area contributed by atoms with Crippen molar-refractivity contribution in [2.45, 2.75) is 25.3 Å². The van der Waals surface area contributed by atoms with Gasteiger partial charge in [0, 0.05) is 36.5 Å². The number of nitrogens with zero attached hydrogens (tertiary/aromatic N) is 4. The number of aromatic amines is 2. The fraction of sp³-hybridized carbons (Fsp3) is 0.280. The smallest absolute Gasteiger partial charge is 0.264 e.